The smallest absolute Gasteiger partial charge is 0.336 e. The number of allylic oxidation sites excluding steroid dienone is 1. The van der Waals surface area contributed by atoms with E-state index in [0.29, 0.717) is 0 Å². The fraction of sp³-hybridized carbons (Fsp3) is 0.885. The molecule has 6 rings (SSSR count). The minimum atomic E-state index is -2.13. The first-order valence-corrected chi connectivity index (χ1v) is 13.5. The molecular formula is C26H38O13. The molecule has 0 amide bonds. The van der Waals surface area contributed by atoms with E-state index in [1.165, 1.54) is 0 Å². The van der Waals surface area contributed by atoms with Gasteiger partial charge < -0.3 is 59.8 Å². The third-order valence-corrected chi connectivity index (χ3v) is 10.9. The number of ether oxygens (including phenoxy) is 4. The predicted molar refractivity (Wildman–Crippen MR) is 126 cm³/mol. The summed E-state index contributed by atoms with van der Waals surface area (Å²) in [4.78, 5) is 13.5. The summed E-state index contributed by atoms with van der Waals surface area (Å²) in [5.74, 6) is -6.01. The van der Waals surface area contributed by atoms with Gasteiger partial charge in [-0.05, 0) is 25.2 Å². The summed E-state index contributed by atoms with van der Waals surface area (Å²) in [6, 6.07) is 0. The number of aliphatic hydroxyl groups is 8. The number of esters is 1. The van der Waals surface area contributed by atoms with Crippen LogP contribution in [0.5, 0.6) is 0 Å². The molecule has 0 unspecified atom stereocenters. The second-order valence-corrected chi connectivity index (χ2v) is 12.6. The van der Waals surface area contributed by atoms with Crippen LogP contribution in [0.1, 0.15) is 27.2 Å². The summed E-state index contributed by atoms with van der Waals surface area (Å²) in [5.41, 5.74) is -1.60. The third-order valence-electron chi connectivity index (χ3n) is 10.9. The molecule has 0 aromatic carbocycles. The Labute approximate surface area is 224 Å². The molecule has 0 aromatic rings. The quantitative estimate of drug-likeness (QED) is 0.126. The Morgan fingerprint density at radius 2 is 1.77 bits per heavy atom. The first-order valence-electron chi connectivity index (χ1n) is 13.5. The normalized spacial score (nSPS) is 60.2. The lowest BCUT2D eigenvalue weighted by Crippen LogP contribution is -2.78. The Kier molecular flexibility index (Phi) is 6.36. The highest BCUT2D eigenvalue weighted by Crippen LogP contribution is 2.74. The Bertz CT molecular complexity index is 1050. The van der Waals surface area contributed by atoms with Gasteiger partial charge in [0.05, 0.1) is 25.4 Å². The van der Waals surface area contributed by atoms with Crippen molar-refractivity contribution in [3.8, 4) is 0 Å². The number of hydrogen-bond donors (Lipinski definition) is 8. The number of carbonyl (C=O) groups is 1. The van der Waals surface area contributed by atoms with Crippen molar-refractivity contribution < 1.29 is 64.6 Å². The average molecular weight is 559 g/mol. The topological polar surface area (TPSA) is 216 Å². The van der Waals surface area contributed by atoms with E-state index in [0.717, 1.165) is 5.57 Å². The molecule has 3 heterocycles. The van der Waals surface area contributed by atoms with E-state index < -0.39 is 114 Å². The van der Waals surface area contributed by atoms with Crippen LogP contribution < -0.4 is 0 Å². The highest BCUT2D eigenvalue weighted by molar-refractivity contribution is 5.77. The van der Waals surface area contributed by atoms with E-state index >= 15 is 0 Å². The van der Waals surface area contributed by atoms with Gasteiger partial charge >= 0.3 is 5.97 Å². The first kappa shape index (κ1) is 27.9. The summed E-state index contributed by atoms with van der Waals surface area (Å²) in [7, 11) is 0. The van der Waals surface area contributed by atoms with Gasteiger partial charge in [0, 0.05) is 22.7 Å². The average Bonchev–Trinajstić information content (AvgIpc) is 3.18. The second kappa shape index (κ2) is 8.88. The molecule has 13 nitrogen and oxygen atoms in total. The van der Waals surface area contributed by atoms with E-state index in [1.54, 1.807) is 26.8 Å². The molecule has 0 aromatic heterocycles. The van der Waals surface area contributed by atoms with Gasteiger partial charge in [-0.2, -0.15) is 0 Å². The Hall–Kier alpha value is -1.23. The van der Waals surface area contributed by atoms with Crippen LogP contribution >= 0.6 is 0 Å². The number of aliphatic hydroxyl groups excluding tert-OH is 7. The first-order chi connectivity index (χ1) is 18.2. The molecule has 3 saturated heterocycles. The van der Waals surface area contributed by atoms with Crippen molar-refractivity contribution in [2.24, 2.45) is 34.5 Å². The molecule has 17 atom stereocenters. The number of rotatable bonds is 3. The van der Waals surface area contributed by atoms with Crippen molar-refractivity contribution in [1.29, 1.82) is 0 Å². The molecular weight excluding hydrogens is 520 g/mol. The predicted octanol–water partition coefficient (Wildman–Crippen LogP) is -3.25. The number of fused-ring (bicyclic) bond motifs is 1. The van der Waals surface area contributed by atoms with Gasteiger partial charge in [0.2, 0.25) is 0 Å². The van der Waals surface area contributed by atoms with Crippen molar-refractivity contribution in [3.05, 3.63) is 11.6 Å². The lowest BCUT2D eigenvalue weighted by molar-refractivity contribution is -0.362. The maximum Gasteiger partial charge on any atom is 0.336 e. The van der Waals surface area contributed by atoms with Gasteiger partial charge in [0.1, 0.15) is 36.6 Å². The minimum Gasteiger partial charge on any atom is -0.460 e. The van der Waals surface area contributed by atoms with Crippen molar-refractivity contribution in [2.75, 3.05) is 13.2 Å². The highest BCUT2D eigenvalue weighted by Gasteiger charge is 2.83. The molecule has 39 heavy (non-hydrogen) atoms. The molecule has 220 valence electrons. The monoisotopic (exact) mass is 558 g/mol. The highest BCUT2D eigenvalue weighted by atomic mass is 16.7. The second-order valence-electron chi connectivity index (χ2n) is 12.6. The summed E-state index contributed by atoms with van der Waals surface area (Å²) in [6.07, 6.45) is -12.6. The van der Waals surface area contributed by atoms with Crippen molar-refractivity contribution in [2.45, 2.75) is 94.2 Å². The molecule has 6 aliphatic rings. The molecule has 2 saturated carbocycles. The molecule has 13 heteroatoms. The van der Waals surface area contributed by atoms with Crippen molar-refractivity contribution in [3.63, 3.8) is 0 Å². The number of carbonyl (C=O) groups excluding carboxylic acids is 1. The molecule has 8 N–H and O–H groups in total. The fourth-order valence-corrected chi connectivity index (χ4v) is 9.24. The molecule has 5 fully saturated rings. The summed E-state index contributed by atoms with van der Waals surface area (Å²) in [5, 5.41) is 86.1. The Morgan fingerprint density at radius 3 is 2.44 bits per heavy atom. The number of hydrogen-bond acceptors (Lipinski definition) is 13. The molecule has 1 spiro atoms. The van der Waals surface area contributed by atoms with Crippen molar-refractivity contribution >= 4 is 5.97 Å². The van der Waals surface area contributed by atoms with Gasteiger partial charge in [-0.15, -0.1) is 0 Å². The van der Waals surface area contributed by atoms with Crippen molar-refractivity contribution in [1.82, 2.24) is 0 Å². The lowest BCUT2D eigenvalue weighted by Gasteiger charge is -2.68. The SMILES string of the molecule is CC1=C[C@H](O)[C@@H](O)[C@]2(C)[C@H]3[C@@]4(O)OC[C@]35[C@H]([C@@H](C)[C@H]4O)[C@@H](O[C@@H]3O[C@H](CO)[C@@H](O)[C@H](O)[C@H]3O)C(=O)O[C@@H]5C[C@@H]12. The van der Waals surface area contributed by atoms with E-state index in [2.05, 4.69) is 0 Å². The van der Waals surface area contributed by atoms with Crippen LogP contribution in [0.4, 0.5) is 0 Å². The fourth-order valence-electron chi connectivity index (χ4n) is 9.24. The van der Waals surface area contributed by atoms with E-state index in [1.807, 2.05) is 0 Å². The van der Waals surface area contributed by atoms with Crippen LogP contribution in [-0.4, -0.2) is 127 Å². The molecule has 3 aliphatic carbocycles. The zero-order chi connectivity index (χ0) is 28.4. The summed E-state index contributed by atoms with van der Waals surface area (Å²) < 4.78 is 23.4. The van der Waals surface area contributed by atoms with Gasteiger partial charge in [-0.3, -0.25) is 0 Å². The summed E-state index contributed by atoms with van der Waals surface area (Å²) >= 11 is 0. The van der Waals surface area contributed by atoms with Crippen LogP contribution in [0.15, 0.2) is 11.6 Å². The van der Waals surface area contributed by atoms with Gasteiger partial charge in [0.15, 0.2) is 18.2 Å². The Balaban J connectivity index is 1.45. The molecule has 0 radical (unpaired) electrons. The van der Waals surface area contributed by atoms with Gasteiger partial charge in [-0.1, -0.05) is 25.5 Å². The standard InChI is InChI=1S/C26H38O13/c1-8-4-11(28)20(33)24(3)10(8)5-13-25-7-36-26(35,23(24)25)19(32)9(2)14(25)18(21(34)38-13)39-22-17(31)16(30)15(29)12(6-27)37-22/h4,9-20,22-23,27-33,35H,5-7H2,1-3H3/t9-,10+,11+,12-,13-,14-,15-,16+,17-,18-,19-,20-,22+,23-,24-,25+,26+/m1/s1. The van der Waals surface area contributed by atoms with Gasteiger partial charge in [0.25, 0.3) is 0 Å². The Morgan fingerprint density at radius 1 is 1.08 bits per heavy atom. The van der Waals surface area contributed by atoms with Crippen LogP contribution in [0.25, 0.3) is 0 Å². The van der Waals surface area contributed by atoms with Crippen LogP contribution in [0.3, 0.4) is 0 Å². The molecule has 3 aliphatic heterocycles. The summed E-state index contributed by atoms with van der Waals surface area (Å²) in [6.45, 7) is 4.35. The van der Waals surface area contributed by atoms with Crippen LogP contribution in [-0.2, 0) is 23.7 Å². The zero-order valence-corrected chi connectivity index (χ0v) is 21.9. The maximum absolute atomic E-state index is 13.5. The minimum absolute atomic E-state index is 0.138. The van der Waals surface area contributed by atoms with E-state index in [-0.39, 0.29) is 13.0 Å². The van der Waals surface area contributed by atoms with E-state index in [4.69, 9.17) is 18.9 Å². The lowest BCUT2D eigenvalue weighted by atomic mass is 9.38. The van der Waals surface area contributed by atoms with Crippen LogP contribution in [0.2, 0.25) is 0 Å². The van der Waals surface area contributed by atoms with Gasteiger partial charge in [-0.25, -0.2) is 4.79 Å². The third kappa shape index (κ3) is 3.32. The van der Waals surface area contributed by atoms with E-state index in [9.17, 15) is 45.6 Å². The largest absolute Gasteiger partial charge is 0.460 e. The zero-order valence-electron chi connectivity index (χ0n) is 21.9. The molecule has 2 bridgehead atoms. The maximum atomic E-state index is 13.5. The van der Waals surface area contributed by atoms with Crippen LogP contribution in [0, 0.1) is 34.5 Å².